The standard InChI is InChI=1S/C20H24N2O3/c1-12-18(14(3)23)13(2)21-19(12)20(24)22-15-8-10-17(11-9-15)25-16-6-4-5-7-16/h8-11,16,21H,4-7H2,1-3H3,(H,22,24). The van der Waals surface area contributed by atoms with Gasteiger partial charge in [0.25, 0.3) is 5.91 Å². The van der Waals surface area contributed by atoms with E-state index in [2.05, 4.69) is 10.3 Å². The molecule has 0 aliphatic heterocycles. The number of carbonyl (C=O) groups is 2. The zero-order valence-electron chi connectivity index (χ0n) is 14.9. The van der Waals surface area contributed by atoms with Crippen LogP contribution in [0.2, 0.25) is 0 Å². The number of rotatable bonds is 5. The van der Waals surface area contributed by atoms with Crippen molar-refractivity contribution in [1.82, 2.24) is 4.98 Å². The Kier molecular flexibility index (Phi) is 4.93. The molecule has 0 spiro atoms. The maximum atomic E-state index is 12.5. The molecular formula is C20H24N2O3. The molecule has 0 atom stereocenters. The van der Waals surface area contributed by atoms with Crippen molar-refractivity contribution in [2.24, 2.45) is 0 Å². The first-order valence-electron chi connectivity index (χ1n) is 8.74. The molecule has 1 heterocycles. The molecule has 0 unspecified atom stereocenters. The fraction of sp³-hybridized carbons (Fsp3) is 0.400. The van der Waals surface area contributed by atoms with Gasteiger partial charge in [-0.05, 0) is 76.3 Å². The quantitative estimate of drug-likeness (QED) is 0.792. The molecule has 0 bridgehead atoms. The van der Waals surface area contributed by atoms with Crippen LogP contribution in [0.5, 0.6) is 5.75 Å². The Morgan fingerprint density at radius 1 is 1.12 bits per heavy atom. The number of nitrogens with one attached hydrogen (secondary N) is 2. The molecule has 25 heavy (non-hydrogen) atoms. The number of H-pyrrole nitrogens is 1. The largest absolute Gasteiger partial charge is 0.490 e. The highest BCUT2D eigenvalue weighted by molar-refractivity contribution is 6.07. The molecule has 3 rings (SSSR count). The van der Waals surface area contributed by atoms with Gasteiger partial charge in [0.15, 0.2) is 5.78 Å². The van der Waals surface area contributed by atoms with Gasteiger partial charge in [-0.2, -0.15) is 0 Å². The van der Waals surface area contributed by atoms with Crippen LogP contribution in [0.15, 0.2) is 24.3 Å². The number of aromatic nitrogens is 1. The summed E-state index contributed by atoms with van der Waals surface area (Å²) in [5.41, 5.74) is 3.11. The molecule has 1 aromatic heterocycles. The molecule has 0 radical (unpaired) electrons. The maximum Gasteiger partial charge on any atom is 0.272 e. The Bertz CT molecular complexity index is 784. The summed E-state index contributed by atoms with van der Waals surface area (Å²) in [6, 6.07) is 7.42. The Balaban J connectivity index is 1.68. The van der Waals surface area contributed by atoms with E-state index in [4.69, 9.17) is 4.74 Å². The molecule has 1 fully saturated rings. The summed E-state index contributed by atoms with van der Waals surface area (Å²) in [7, 11) is 0. The number of aryl methyl sites for hydroxylation is 1. The highest BCUT2D eigenvalue weighted by Gasteiger charge is 2.20. The van der Waals surface area contributed by atoms with E-state index in [0.717, 1.165) is 24.3 Å². The summed E-state index contributed by atoms with van der Waals surface area (Å²) in [6.07, 6.45) is 5.01. The van der Waals surface area contributed by atoms with Gasteiger partial charge in [0, 0.05) is 16.9 Å². The van der Waals surface area contributed by atoms with E-state index in [1.54, 1.807) is 13.8 Å². The summed E-state index contributed by atoms with van der Waals surface area (Å²) < 4.78 is 5.93. The van der Waals surface area contributed by atoms with E-state index in [-0.39, 0.29) is 11.7 Å². The fourth-order valence-electron chi connectivity index (χ4n) is 3.51. The Hall–Kier alpha value is -2.56. The molecule has 5 heteroatoms. The lowest BCUT2D eigenvalue weighted by molar-refractivity contribution is 0.101. The second-order valence-corrected chi connectivity index (χ2v) is 6.68. The van der Waals surface area contributed by atoms with Gasteiger partial charge >= 0.3 is 0 Å². The van der Waals surface area contributed by atoms with Crippen LogP contribution in [0.25, 0.3) is 0 Å². The number of carbonyl (C=O) groups excluding carboxylic acids is 2. The third kappa shape index (κ3) is 3.76. The van der Waals surface area contributed by atoms with Gasteiger partial charge in [0.05, 0.1) is 6.10 Å². The maximum absolute atomic E-state index is 12.5. The SMILES string of the molecule is CC(=O)c1c(C)[nH]c(C(=O)Nc2ccc(OC3CCCC3)cc2)c1C. The van der Waals surface area contributed by atoms with Crippen LogP contribution in [-0.2, 0) is 0 Å². The first kappa shape index (κ1) is 17.3. The highest BCUT2D eigenvalue weighted by Crippen LogP contribution is 2.25. The van der Waals surface area contributed by atoms with E-state index in [0.29, 0.717) is 28.6 Å². The van der Waals surface area contributed by atoms with Crippen molar-refractivity contribution < 1.29 is 14.3 Å². The number of hydrogen-bond donors (Lipinski definition) is 2. The lowest BCUT2D eigenvalue weighted by atomic mass is 10.1. The third-order valence-electron chi connectivity index (χ3n) is 4.73. The number of Topliss-reactive ketones (excluding diaryl/α,β-unsaturated/α-hetero) is 1. The van der Waals surface area contributed by atoms with E-state index in [9.17, 15) is 9.59 Å². The molecule has 5 nitrogen and oxygen atoms in total. The second-order valence-electron chi connectivity index (χ2n) is 6.68. The molecule has 132 valence electrons. The summed E-state index contributed by atoms with van der Waals surface area (Å²) in [5, 5.41) is 2.86. The van der Waals surface area contributed by atoms with Gasteiger partial charge in [-0.1, -0.05) is 0 Å². The minimum atomic E-state index is -0.252. The zero-order chi connectivity index (χ0) is 18.0. The van der Waals surface area contributed by atoms with E-state index in [1.807, 2.05) is 24.3 Å². The molecule has 1 saturated carbocycles. The number of ketones is 1. The molecule has 0 saturated heterocycles. The predicted molar refractivity (Wildman–Crippen MR) is 97.6 cm³/mol. The van der Waals surface area contributed by atoms with Gasteiger partial charge < -0.3 is 15.0 Å². The molecule has 2 N–H and O–H groups in total. The lowest BCUT2D eigenvalue weighted by Crippen LogP contribution is -2.14. The Labute approximate surface area is 147 Å². The normalized spacial score (nSPS) is 14.5. The van der Waals surface area contributed by atoms with Gasteiger partial charge in [-0.15, -0.1) is 0 Å². The molecule has 1 amide bonds. The number of ether oxygens (including phenoxy) is 1. The first-order valence-corrected chi connectivity index (χ1v) is 8.74. The van der Waals surface area contributed by atoms with Crippen LogP contribution in [-0.4, -0.2) is 22.8 Å². The minimum Gasteiger partial charge on any atom is -0.490 e. The number of hydrogen-bond acceptors (Lipinski definition) is 3. The lowest BCUT2D eigenvalue weighted by Gasteiger charge is -2.13. The van der Waals surface area contributed by atoms with Crippen molar-refractivity contribution in [3.05, 3.63) is 46.8 Å². The second kappa shape index (κ2) is 7.13. The van der Waals surface area contributed by atoms with Gasteiger partial charge in [-0.3, -0.25) is 9.59 Å². The highest BCUT2D eigenvalue weighted by atomic mass is 16.5. The summed E-state index contributed by atoms with van der Waals surface area (Å²) in [6.45, 7) is 5.09. The third-order valence-corrected chi connectivity index (χ3v) is 4.73. The Morgan fingerprint density at radius 2 is 1.76 bits per heavy atom. The smallest absolute Gasteiger partial charge is 0.272 e. The summed E-state index contributed by atoms with van der Waals surface area (Å²) in [4.78, 5) is 27.2. The van der Waals surface area contributed by atoms with E-state index >= 15 is 0 Å². The van der Waals surface area contributed by atoms with Crippen LogP contribution in [0, 0.1) is 13.8 Å². The van der Waals surface area contributed by atoms with E-state index < -0.39 is 0 Å². The van der Waals surface area contributed by atoms with Gasteiger partial charge in [0.2, 0.25) is 0 Å². The van der Waals surface area contributed by atoms with Gasteiger partial charge in [0.1, 0.15) is 11.4 Å². The molecule has 1 aliphatic rings. The van der Waals surface area contributed by atoms with E-state index in [1.165, 1.54) is 19.8 Å². The number of benzene rings is 1. The molecule has 2 aromatic rings. The van der Waals surface area contributed by atoms with Crippen molar-refractivity contribution in [2.45, 2.75) is 52.6 Å². The van der Waals surface area contributed by atoms with Crippen LogP contribution < -0.4 is 10.1 Å². The fourth-order valence-corrected chi connectivity index (χ4v) is 3.51. The van der Waals surface area contributed by atoms with Crippen LogP contribution in [0.1, 0.15) is 64.7 Å². The zero-order valence-corrected chi connectivity index (χ0v) is 14.9. The molecule has 1 aromatic carbocycles. The van der Waals surface area contributed by atoms with Crippen molar-refractivity contribution in [3.63, 3.8) is 0 Å². The summed E-state index contributed by atoms with van der Waals surface area (Å²) in [5.74, 6) is 0.534. The monoisotopic (exact) mass is 340 g/mol. The van der Waals surface area contributed by atoms with Crippen molar-refractivity contribution in [1.29, 1.82) is 0 Å². The van der Waals surface area contributed by atoms with Crippen molar-refractivity contribution in [2.75, 3.05) is 5.32 Å². The Morgan fingerprint density at radius 3 is 2.32 bits per heavy atom. The van der Waals surface area contributed by atoms with Crippen molar-refractivity contribution >= 4 is 17.4 Å². The number of amides is 1. The van der Waals surface area contributed by atoms with Crippen LogP contribution in [0.3, 0.4) is 0 Å². The first-order chi connectivity index (χ1) is 12.0. The number of anilines is 1. The average Bonchev–Trinajstić information content (AvgIpc) is 3.17. The molecular weight excluding hydrogens is 316 g/mol. The predicted octanol–water partition coefficient (Wildman–Crippen LogP) is 4.41. The van der Waals surface area contributed by atoms with Crippen molar-refractivity contribution in [3.8, 4) is 5.75 Å². The summed E-state index contributed by atoms with van der Waals surface area (Å²) >= 11 is 0. The average molecular weight is 340 g/mol. The minimum absolute atomic E-state index is 0.0429. The topological polar surface area (TPSA) is 71.2 Å². The van der Waals surface area contributed by atoms with Crippen LogP contribution >= 0.6 is 0 Å². The van der Waals surface area contributed by atoms with Crippen LogP contribution in [0.4, 0.5) is 5.69 Å². The molecule has 1 aliphatic carbocycles. The van der Waals surface area contributed by atoms with Gasteiger partial charge in [-0.25, -0.2) is 0 Å². The number of aromatic amines is 1.